The van der Waals surface area contributed by atoms with Crippen molar-refractivity contribution < 1.29 is 32.5 Å². The minimum Gasteiger partial charge on any atom is -0.507 e. The van der Waals surface area contributed by atoms with Crippen LogP contribution in [-0.2, 0) is 27.1 Å². The summed E-state index contributed by atoms with van der Waals surface area (Å²) in [6.07, 6.45) is 1.72. The van der Waals surface area contributed by atoms with Crippen molar-refractivity contribution in [3.8, 4) is 78.6 Å². The predicted molar refractivity (Wildman–Crippen MR) is 307 cm³/mol. The molecule has 2 heterocycles. The number of phenols is 1. The van der Waals surface area contributed by atoms with Crippen molar-refractivity contribution in [3.63, 3.8) is 0 Å². The lowest BCUT2D eigenvalue weighted by Crippen LogP contribution is -2.17. The standard InChI is InChI=1S/C68H73N3O/c1-64(2,3)49-31-29-43(30-32-49)46-33-34-69-58(38-46)48-35-47(36-50(37-48)65(4,5)6)53-27-22-28-59-60(53)70-63(56-41-52(67(10,11)12)42-57(62(56)72)68(13,14)15)71(59)61-54(44-23-18-16-19-24-44)39-51(66(7,8)9)40-55(61)45-25-20-17-21-26-45/h16-42,72H,1-15H3/i10D3,11D3,12D3,13D3,14D3,15D3,41D,42D. The maximum absolute atomic E-state index is 13.5. The molecule has 2 aromatic heterocycles. The molecule has 0 unspecified atom stereocenters. The quantitative estimate of drug-likeness (QED) is 0.173. The Hall–Kier alpha value is -7.04. The van der Waals surface area contributed by atoms with Crippen molar-refractivity contribution in [2.24, 2.45) is 0 Å². The van der Waals surface area contributed by atoms with Crippen molar-refractivity contribution in [1.82, 2.24) is 14.5 Å². The zero-order valence-corrected chi connectivity index (χ0v) is 42.2. The molecule has 9 aromatic rings. The van der Waals surface area contributed by atoms with Gasteiger partial charge in [-0.25, -0.2) is 4.98 Å². The molecule has 9 rings (SSSR count). The van der Waals surface area contributed by atoms with E-state index in [1.165, 1.54) is 4.57 Å². The van der Waals surface area contributed by atoms with E-state index in [2.05, 4.69) is 45.0 Å². The number of pyridine rings is 1. The molecule has 4 heteroatoms. The van der Waals surface area contributed by atoms with Gasteiger partial charge in [-0.05, 0) is 126 Å². The summed E-state index contributed by atoms with van der Waals surface area (Å²) in [5.74, 6) is -2.37. The van der Waals surface area contributed by atoms with E-state index in [4.69, 9.17) is 34.6 Å². The Labute approximate surface area is 458 Å². The average Bonchev–Trinajstić information content (AvgIpc) is 0.822. The van der Waals surface area contributed by atoms with Gasteiger partial charge in [-0.15, -0.1) is 0 Å². The molecule has 0 aliphatic rings. The number of rotatable bonds is 7. The van der Waals surface area contributed by atoms with Crippen molar-refractivity contribution in [2.45, 2.75) is 130 Å². The van der Waals surface area contributed by atoms with E-state index < -0.39 is 103 Å². The lowest BCUT2D eigenvalue weighted by molar-refractivity contribution is 0.446. The first-order chi connectivity index (χ1) is 42.1. The first kappa shape index (κ1) is 30.8. The molecule has 0 saturated carbocycles. The summed E-state index contributed by atoms with van der Waals surface area (Å²) in [5, 5.41) is 13.5. The normalized spacial score (nSPS) is 17.8. The third-order valence-corrected chi connectivity index (χ3v) is 13.3. The molecule has 0 aliphatic carbocycles. The Morgan fingerprint density at radius 2 is 1.01 bits per heavy atom. The van der Waals surface area contributed by atoms with Gasteiger partial charge in [0, 0.05) is 58.7 Å². The Morgan fingerprint density at radius 1 is 0.444 bits per heavy atom. The number of hydrogen-bond acceptors (Lipinski definition) is 3. The number of hydrogen-bond donors (Lipinski definition) is 1. The number of nitrogens with zero attached hydrogens (tertiary/aromatic N) is 3. The van der Waals surface area contributed by atoms with Gasteiger partial charge >= 0.3 is 0 Å². The molecule has 72 heavy (non-hydrogen) atoms. The van der Waals surface area contributed by atoms with Crippen LogP contribution in [-0.4, -0.2) is 19.6 Å². The maximum atomic E-state index is 13.5. The number of fused-ring (bicyclic) bond motifs is 1. The third-order valence-electron chi connectivity index (χ3n) is 13.3. The van der Waals surface area contributed by atoms with E-state index in [0.29, 0.717) is 44.6 Å². The predicted octanol–water partition coefficient (Wildman–Crippen LogP) is 18.6. The number of phenolic OH excluding ortho intramolecular Hbond substituents is 1. The van der Waals surface area contributed by atoms with E-state index in [0.717, 1.165) is 27.8 Å². The van der Waals surface area contributed by atoms with E-state index in [-0.39, 0.29) is 22.1 Å². The highest BCUT2D eigenvalue weighted by atomic mass is 16.3. The van der Waals surface area contributed by atoms with Crippen LogP contribution in [0.1, 0.15) is 159 Å². The average molecular weight is 968 g/mol. The van der Waals surface area contributed by atoms with Gasteiger partial charge in [0.05, 0.1) is 30.7 Å². The summed E-state index contributed by atoms with van der Waals surface area (Å²) >= 11 is 0. The lowest BCUT2D eigenvalue weighted by Gasteiger charge is -2.28. The summed E-state index contributed by atoms with van der Waals surface area (Å²) < 4.78 is 183. The van der Waals surface area contributed by atoms with Crippen LogP contribution in [0.2, 0.25) is 0 Å². The van der Waals surface area contributed by atoms with Crippen LogP contribution in [0.25, 0.3) is 83.9 Å². The topological polar surface area (TPSA) is 50.9 Å². The van der Waals surface area contributed by atoms with Gasteiger partial charge in [0.1, 0.15) is 11.6 Å². The smallest absolute Gasteiger partial charge is 0.149 e. The minimum absolute atomic E-state index is 0.0531. The third kappa shape index (κ3) is 9.81. The van der Waals surface area contributed by atoms with Gasteiger partial charge in [-0.3, -0.25) is 9.55 Å². The van der Waals surface area contributed by atoms with Gasteiger partial charge in [0.2, 0.25) is 0 Å². The Bertz CT molecular complexity index is 4060. The fourth-order valence-electron chi connectivity index (χ4n) is 9.15. The van der Waals surface area contributed by atoms with Crippen LogP contribution >= 0.6 is 0 Å². The second-order valence-electron chi connectivity index (χ2n) is 21.9. The van der Waals surface area contributed by atoms with Crippen molar-refractivity contribution in [3.05, 3.63) is 192 Å². The number of aromatic hydroxyl groups is 1. The van der Waals surface area contributed by atoms with Gasteiger partial charge < -0.3 is 5.11 Å². The lowest BCUT2D eigenvalue weighted by atomic mass is 9.78. The fraction of sp³-hybridized carbons (Fsp3) is 0.294. The molecule has 0 spiro atoms. The van der Waals surface area contributed by atoms with E-state index in [1.54, 1.807) is 60.8 Å². The zero-order valence-electron chi connectivity index (χ0n) is 62.2. The van der Waals surface area contributed by atoms with Gasteiger partial charge in [-0.2, -0.15) is 0 Å². The highest BCUT2D eigenvalue weighted by Crippen LogP contribution is 2.48. The second kappa shape index (κ2) is 18.2. The first-order valence-corrected chi connectivity index (χ1v) is 24.0. The van der Waals surface area contributed by atoms with E-state index in [9.17, 15) is 7.85 Å². The van der Waals surface area contributed by atoms with Crippen LogP contribution in [0.4, 0.5) is 0 Å². The van der Waals surface area contributed by atoms with Crippen molar-refractivity contribution >= 4 is 11.0 Å². The summed E-state index contributed by atoms with van der Waals surface area (Å²) in [4.78, 5) is 10.2. The van der Waals surface area contributed by atoms with Crippen molar-refractivity contribution in [1.29, 1.82) is 0 Å². The minimum atomic E-state index is -4.46. The monoisotopic (exact) mass is 968 g/mol. The van der Waals surface area contributed by atoms with E-state index in [1.807, 2.05) is 108 Å². The number of para-hydroxylation sites is 1. The van der Waals surface area contributed by atoms with Gasteiger partial charge in [-0.1, -0.05) is 213 Å². The molecule has 0 bridgehead atoms. The number of benzene rings is 7. The number of aromatic nitrogens is 3. The molecule has 0 fully saturated rings. The molecular weight excluding hydrogens is 875 g/mol. The summed E-state index contributed by atoms with van der Waals surface area (Å²) in [5.41, 5.74) is -5.72. The number of imidazole rings is 1. The van der Waals surface area contributed by atoms with Crippen LogP contribution in [0.3, 0.4) is 0 Å². The highest BCUT2D eigenvalue weighted by Gasteiger charge is 2.31. The van der Waals surface area contributed by atoms with Crippen LogP contribution in [0, 0.1) is 0 Å². The fourth-order valence-corrected chi connectivity index (χ4v) is 9.15. The Balaban J connectivity index is 1.58. The largest absolute Gasteiger partial charge is 0.507 e. The zero-order chi connectivity index (χ0) is 68.4. The second-order valence-corrected chi connectivity index (χ2v) is 21.9. The molecule has 0 amide bonds. The van der Waals surface area contributed by atoms with E-state index >= 15 is 0 Å². The molecule has 366 valence electrons. The van der Waals surface area contributed by atoms with Crippen LogP contribution in [0.15, 0.2) is 164 Å². The molecule has 0 atom stereocenters. The summed E-state index contributed by atoms with van der Waals surface area (Å²) in [7, 11) is 0. The molecule has 0 radical (unpaired) electrons. The summed E-state index contributed by atoms with van der Waals surface area (Å²) in [6.45, 7) is -7.54. The van der Waals surface area contributed by atoms with Crippen LogP contribution < -0.4 is 0 Å². The molecular formula is C68H73N3O. The maximum Gasteiger partial charge on any atom is 0.149 e. The highest BCUT2D eigenvalue weighted by molar-refractivity contribution is 6.00. The molecule has 1 N–H and O–H groups in total. The Morgan fingerprint density at radius 3 is 1.58 bits per heavy atom. The molecule has 4 nitrogen and oxygen atoms in total. The van der Waals surface area contributed by atoms with Gasteiger partial charge in [0.25, 0.3) is 0 Å². The van der Waals surface area contributed by atoms with Crippen LogP contribution in [0.5, 0.6) is 5.75 Å². The van der Waals surface area contributed by atoms with Gasteiger partial charge in [0.15, 0.2) is 0 Å². The molecule has 0 saturated heterocycles. The van der Waals surface area contributed by atoms with Crippen molar-refractivity contribution in [2.75, 3.05) is 0 Å². The Kier molecular flexibility index (Phi) is 7.78. The molecule has 7 aromatic carbocycles. The molecule has 0 aliphatic heterocycles. The summed E-state index contributed by atoms with van der Waals surface area (Å²) in [6, 6.07) is 41.5. The first-order valence-electron chi connectivity index (χ1n) is 34.0. The SMILES string of the molecule is [2H]c1c(-c2nc3c(-c4cc(-c5cc(-c6ccc(C(C)(C)C)cc6)ccn5)cc(C(C)(C)C)c4)cccc3n2-c2c(-c3ccccc3)cc(C(C)(C)C)cc2-c2ccccc2)c(O)c(C(C([2H])([2H])[2H])(C([2H])([2H])[2H])C([2H])([2H])[2H])c([2H])c1C(C([2H])([2H])[2H])(C([2H])([2H])[2H])C([2H])([2H])[2H].